The number of aromatic nitrogens is 1. The first-order chi connectivity index (χ1) is 8.53. The Balaban J connectivity index is 0.00000154. The smallest absolute Gasteiger partial charge is 0.245 e. The summed E-state index contributed by atoms with van der Waals surface area (Å²) >= 11 is 5.77. The number of halogens is 1. The molecule has 0 saturated heterocycles. The van der Waals surface area contributed by atoms with Crippen molar-refractivity contribution in [3.8, 4) is 0 Å². The molecular weight excluding hydrogens is 312 g/mol. The van der Waals surface area contributed by atoms with Gasteiger partial charge >= 0.3 is 0 Å². The van der Waals surface area contributed by atoms with Crippen molar-refractivity contribution in [2.24, 2.45) is 0 Å². The first kappa shape index (κ1) is 18.1. The second kappa shape index (κ2) is 6.53. The fourth-order valence-corrected chi connectivity index (χ4v) is 4.54. The van der Waals surface area contributed by atoms with Crippen molar-refractivity contribution in [1.29, 1.82) is 0 Å². The molecule has 0 radical (unpaired) electrons. The Morgan fingerprint density at radius 3 is 1.89 bits per heavy atom. The highest BCUT2D eigenvalue weighted by Crippen LogP contribution is 2.29. The second-order valence-electron chi connectivity index (χ2n) is 3.50. The second-order valence-corrected chi connectivity index (χ2v) is 7.80. The number of anilines is 1. The van der Waals surface area contributed by atoms with Gasteiger partial charge < -0.3 is 0 Å². The Bertz CT molecular complexity index is 609. The third-order valence-corrected chi connectivity index (χ3v) is 5.29. The zero-order chi connectivity index (χ0) is 15.4. The van der Waals surface area contributed by atoms with E-state index in [-0.39, 0.29) is 14.4 Å². The summed E-state index contributed by atoms with van der Waals surface area (Å²) in [5.74, 6) is 0. The maximum Gasteiger partial charge on any atom is 0.245 e. The maximum absolute atomic E-state index is 11.5. The van der Waals surface area contributed by atoms with E-state index in [2.05, 4.69) is 4.98 Å². The first-order valence-electron chi connectivity index (χ1n) is 5.36. The van der Waals surface area contributed by atoms with E-state index in [0.29, 0.717) is 5.69 Å². The van der Waals surface area contributed by atoms with Crippen LogP contribution in [-0.2, 0) is 20.0 Å². The van der Waals surface area contributed by atoms with Gasteiger partial charge in [0.1, 0.15) is 0 Å². The molecule has 1 aromatic heterocycles. The van der Waals surface area contributed by atoms with Crippen LogP contribution in [0, 0.1) is 6.92 Å². The molecule has 0 aliphatic rings. The zero-order valence-electron chi connectivity index (χ0n) is 11.4. The van der Waals surface area contributed by atoms with Gasteiger partial charge in [0.25, 0.3) is 0 Å². The van der Waals surface area contributed by atoms with Crippen molar-refractivity contribution >= 4 is 37.3 Å². The average Bonchev–Trinajstić information content (AvgIpc) is 2.22. The normalized spacial score (nSPS) is 11.5. The van der Waals surface area contributed by atoms with Crippen molar-refractivity contribution in [2.45, 2.75) is 20.8 Å². The molecule has 0 bridgehead atoms. The van der Waals surface area contributed by atoms with Gasteiger partial charge in [0, 0.05) is 11.9 Å². The minimum absolute atomic E-state index is 0.0496. The fourth-order valence-electron chi connectivity index (χ4n) is 1.27. The first-order valence-corrected chi connectivity index (χ1v) is 9.43. The van der Waals surface area contributed by atoms with E-state index in [1.54, 1.807) is 6.92 Å². The predicted octanol–water partition coefficient (Wildman–Crippen LogP) is 1.80. The minimum atomic E-state index is -3.98. The van der Waals surface area contributed by atoms with Gasteiger partial charge in [-0.2, -0.15) is 3.71 Å². The van der Waals surface area contributed by atoms with E-state index in [4.69, 9.17) is 11.6 Å². The van der Waals surface area contributed by atoms with Crippen molar-refractivity contribution in [2.75, 3.05) is 16.2 Å². The van der Waals surface area contributed by atoms with E-state index in [1.165, 1.54) is 12.3 Å². The summed E-state index contributed by atoms with van der Waals surface area (Å²) in [6.07, 6.45) is 2.79. The molecule has 0 spiro atoms. The predicted molar refractivity (Wildman–Crippen MR) is 77.5 cm³/mol. The monoisotopic (exact) mass is 328 g/mol. The largest absolute Gasteiger partial charge is 0.260 e. The quantitative estimate of drug-likeness (QED) is 0.844. The highest BCUT2D eigenvalue weighted by atomic mass is 35.5. The Kier molecular flexibility index (Phi) is 6.24. The summed E-state index contributed by atoms with van der Waals surface area (Å²) in [6.45, 7) is 5.60. The van der Waals surface area contributed by atoms with Crippen molar-refractivity contribution in [3.05, 3.63) is 23.0 Å². The van der Waals surface area contributed by atoms with Crippen LogP contribution in [0.2, 0.25) is 5.02 Å². The van der Waals surface area contributed by atoms with E-state index >= 15 is 0 Å². The topological polar surface area (TPSA) is 84.4 Å². The van der Waals surface area contributed by atoms with E-state index in [9.17, 15) is 16.8 Å². The molecule has 0 N–H and O–H groups in total. The molecule has 1 rings (SSSR count). The molecule has 0 atom stereocenters. The lowest BCUT2D eigenvalue weighted by Crippen LogP contribution is -2.35. The highest BCUT2D eigenvalue weighted by Gasteiger charge is 2.29. The summed E-state index contributed by atoms with van der Waals surface area (Å²) in [5.41, 5.74) is 0.339. The van der Waals surface area contributed by atoms with Gasteiger partial charge in [-0.15, -0.1) is 0 Å². The minimum Gasteiger partial charge on any atom is -0.260 e. The molecule has 9 heteroatoms. The molecule has 0 amide bonds. The lowest BCUT2D eigenvalue weighted by atomic mass is 10.3. The van der Waals surface area contributed by atoms with Crippen LogP contribution in [0.4, 0.5) is 5.69 Å². The Morgan fingerprint density at radius 2 is 1.53 bits per heavy atom. The number of pyridine rings is 1. The van der Waals surface area contributed by atoms with Crippen LogP contribution in [-0.4, -0.2) is 34.3 Å². The molecular formula is C10H17ClN2O4S2. The van der Waals surface area contributed by atoms with E-state index < -0.39 is 20.0 Å². The van der Waals surface area contributed by atoms with Crippen LogP contribution in [0.3, 0.4) is 0 Å². The van der Waals surface area contributed by atoms with Gasteiger partial charge in [-0.1, -0.05) is 25.4 Å². The summed E-state index contributed by atoms with van der Waals surface area (Å²) < 4.78 is 46.3. The number of nitrogens with zero attached hydrogens (tertiary/aromatic N) is 2. The lowest BCUT2D eigenvalue weighted by Gasteiger charge is -2.20. The summed E-state index contributed by atoms with van der Waals surface area (Å²) in [6, 6.07) is 1.30. The van der Waals surface area contributed by atoms with Gasteiger partial charge in [-0.25, -0.2) is 16.8 Å². The van der Waals surface area contributed by atoms with Gasteiger partial charge in [0.2, 0.25) is 20.0 Å². The van der Waals surface area contributed by atoms with Gasteiger partial charge in [-0.3, -0.25) is 4.98 Å². The van der Waals surface area contributed by atoms with Crippen molar-refractivity contribution < 1.29 is 16.8 Å². The van der Waals surface area contributed by atoms with Crippen LogP contribution in [0.5, 0.6) is 0 Å². The summed E-state index contributed by atoms with van der Waals surface area (Å²) in [7, 11) is -7.96. The maximum atomic E-state index is 11.5. The van der Waals surface area contributed by atoms with Crippen LogP contribution in [0.1, 0.15) is 19.5 Å². The van der Waals surface area contributed by atoms with Crippen molar-refractivity contribution in [1.82, 2.24) is 4.98 Å². The Labute approximate surface area is 119 Å². The fraction of sp³-hybridized carbons (Fsp3) is 0.500. The third kappa shape index (κ3) is 4.96. The van der Waals surface area contributed by atoms with E-state index in [1.807, 2.05) is 13.8 Å². The molecule has 0 fully saturated rings. The average molecular weight is 329 g/mol. The zero-order valence-corrected chi connectivity index (χ0v) is 13.8. The molecule has 0 aliphatic carbocycles. The molecule has 1 heterocycles. The highest BCUT2D eigenvalue weighted by molar-refractivity contribution is 8.09. The van der Waals surface area contributed by atoms with Crippen LogP contribution in [0.25, 0.3) is 0 Å². The Morgan fingerprint density at radius 1 is 1.11 bits per heavy atom. The molecule has 0 aliphatic heterocycles. The molecule has 0 saturated carbocycles. The summed E-state index contributed by atoms with van der Waals surface area (Å²) in [5, 5.41) is -0.0496. The van der Waals surface area contributed by atoms with Gasteiger partial charge in [-0.05, 0) is 13.0 Å². The van der Waals surface area contributed by atoms with Crippen molar-refractivity contribution in [3.63, 3.8) is 0 Å². The van der Waals surface area contributed by atoms with E-state index in [0.717, 1.165) is 12.5 Å². The molecule has 110 valence electrons. The van der Waals surface area contributed by atoms with Crippen LogP contribution < -0.4 is 3.71 Å². The Hall–Kier alpha value is -0.860. The lowest BCUT2D eigenvalue weighted by molar-refractivity contribution is 0.590. The molecule has 19 heavy (non-hydrogen) atoms. The number of aryl methyl sites for hydroxylation is 1. The van der Waals surface area contributed by atoms with Crippen LogP contribution in [0.15, 0.2) is 12.3 Å². The number of sulfonamides is 2. The molecule has 0 unspecified atom stereocenters. The SMILES string of the molecule is CC.Cc1cc(N(S(C)(=O)=O)S(C)(=O)=O)c(Cl)cn1. The third-order valence-electron chi connectivity index (χ3n) is 1.77. The van der Waals surface area contributed by atoms with Gasteiger partial charge in [0.05, 0.1) is 23.2 Å². The summed E-state index contributed by atoms with van der Waals surface area (Å²) in [4.78, 5) is 3.84. The number of hydrogen-bond donors (Lipinski definition) is 0. The molecule has 6 nitrogen and oxygen atoms in total. The number of hydrogen-bond acceptors (Lipinski definition) is 5. The number of rotatable bonds is 3. The molecule has 0 aromatic carbocycles. The standard InChI is InChI=1S/C8H11ClN2O4S2.C2H6/c1-6-4-8(7(9)5-10-6)11(16(2,12)13)17(3,14)15;1-2/h4-5H,1-3H3;1-2H3. The van der Waals surface area contributed by atoms with Crippen LogP contribution >= 0.6 is 11.6 Å². The van der Waals surface area contributed by atoms with Gasteiger partial charge in [0.15, 0.2) is 0 Å². The molecule has 1 aromatic rings.